The first-order chi connectivity index (χ1) is 19.6. The highest BCUT2D eigenvalue weighted by Crippen LogP contribution is 2.31. The van der Waals surface area contributed by atoms with Crippen molar-refractivity contribution in [2.45, 2.75) is 37.1 Å². The molecular formula is C28H30F3N5O5. The number of carbonyl (C=O) groups excluding carboxylic acids is 2. The molecular weight excluding hydrogens is 543 g/mol. The van der Waals surface area contributed by atoms with E-state index >= 15 is 0 Å². The predicted molar refractivity (Wildman–Crippen MR) is 143 cm³/mol. The van der Waals surface area contributed by atoms with Crippen LogP contribution < -0.4 is 26.8 Å². The van der Waals surface area contributed by atoms with Gasteiger partial charge < -0.3 is 36.3 Å². The molecule has 0 bridgehead atoms. The number of nitrogens with two attached hydrogens (primary N) is 2. The molecule has 4 rings (SSSR count). The molecule has 0 spiro atoms. The summed E-state index contributed by atoms with van der Waals surface area (Å²) in [5, 5.41) is 5.73. The summed E-state index contributed by atoms with van der Waals surface area (Å²) < 4.78 is 58.4. The fourth-order valence-electron chi connectivity index (χ4n) is 4.51. The normalized spacial score (nSPS) is 19.4. The Balaban J connectivity index is 1.46. The number of amides is 2. The van der Waals surface area contributed by atoms with E-state index in [1.54, 1.807) is 6.92 Å². The van der Waals surface area contributed by atoms with Crippen LogP contribution in [0, 0.1) is 17.5 Å². The fraction of sp³-hybridized carbons (Fsp3) is 0.321. The van der Waals surface area contributed by atoms with Crippen LogP contribution in [0.1, 0.15) is 24.0 Å². The largest absolute Gasteiger partial charge is 0.485 e. The minimum absolute atomic E-state index is 0.0241. The summed E-state index contributed by atoms with van der Waals surface area (Å²) in [6.07, 6.45) is 0.396. The molecule has 4 atom stereocenters. The Morgan fingerprint density at radius 1 is 1.05 bits per heavy atom. The zero-order chi connectivity index (χ0) is 29.5. The van der Waals surface area contributed by atoms with Gasteiger partial charge in [-0.15, -0.1) is 0 Å². The summed E-state index contributed by atoms with van der Waals surface area (Å²) in [6, 6.07) is 9.33. The minimum Gasteiger partial charge on any atom is -0.485 e. The standard InChI is InChI=1S/C28H30F3N5O5/c1-15-23(14-40-28(33)38)35-10-20(41-15)13-39-26-21(31)11-34-12-22(26)36-27(37)25(32)24(16-2-6-18(29)7-3-16)17-4-8-19(30)9-5-17/h2-9,11-12,15,20,23-25,35H,10,13-14,32H2,1H3,(H2,33,38)(H,36,37)/t15-,20+,23-,25+/m1/s1. The first-order valence-corrected chi connectivity index (χ1v) is 12.8. The quantitative estimate of drug-likeness (QED) is 0.289. The van der Waals surface area contributed by atoms with Gasteiger partial charge in [-0.05, 0) is 42.3 Å². The molecule has 3 aromatic rings. The lowest BCUT2D eigenvalue weighted by atomic mass is 9.85. The molecule has 2 amide bonds. The van der Waals surface area contributed by atoms with Gasteiger partial charge in [0.25, 0.3) is 0 Å². The highest BCUT2D eigenvalue weighted by Gasteiger charge is 2.31. The molecule has 0 saturated carbocycles. The van der Waals surface area contributed by atoms with Crippen LogP contribution >= 0.6 is 0 Å². The maximum absolute atomic E-state index is 14.8. The van der Waals surface area contributed by atoms with Gasteiger partial charge in [0.05, 0.1) is 30.6 Å². The highest BCUT2D eigenvalue weighted by molar-refractivity contribution is 5.96. The summed E-state index contributed by atoms with van der Waals surface area (Å²) in [5.41, 5.74) is 12.4. The summed E-state index contributed by atoms with van der Waals surface area (Å²) in [5.74, 6) is -3.53. The van der Waals surface area contributed by atoms with Gasteiger partial charge in [0, 0.05) is 12.5 Å². The van der Waals surface area contributed by atoms with E-state index < -0.39 is 47.5 Å². The van der Waals surface area contributed by atoms with E-state index in [-0.39, 0.29) is 36.8 Å². The molecule has 0 aliphatic carbocycles. The second kappa shape index (κ2) is 13.4. The number of morpholine rings is 1. The topological polar surface area (TPSA) is 151 Å². The molecule has 2 aromatic carbocycles. The lowest BCUT2D eigenvalue weighted by Crippen LogP contribution is -2.55. The Labute approximate surface area is 234 Å². The van der Waals surface area contributed by atoms with Crippen LogP contribution in [0.5, 0.6) is 5.75 Å². The zero-order valence-corrected chi connectivity index (χ0v) is 22.1. The molecule has 0 unspecified atom stereocenters. The number of benzene rings is 2. The van der Waals surface area contributed by atoms with Gasteiger partial charge in [0.2, 0.25) is 5.91 Å². The second-order valence-electron chi connectivity index (χ2n) is 9.51. The van der Waals surface area contributed by atoms with E-state index in [4.69, 9.17) is 25.7 Å². The Hall–Kier alpha value is -4.20. The minimum atomic E-state index is -1.24. The van der Waals surface area contributed by atoms with E-state index in [0.29, 0.717) is 17.7 Å². The van der Waals surface area contributed by atoms with Gasteiger partial charge in [-0.2, -0.15) is 0 Å². The smallest absolute Gasteiger partial charge is 0.404 e. The van der Waals surface area contributed by atoms with Crippen molar-refractivity contribution in [1.82, 2.24) is 10.3 Å². The Bertz CT molecular complexity index is 1300. The van der Waals surface area contributed by atoms with Crippen molar-refractivity contribution < 1.29 is 37.0 Å². The molecule has 13 heteroatoms. The van der Waals surface area contributed by atoms with Crippen LogP contribution in [-0.4, -0.2) is 61.0 Å². The number of pyridine rings is 1. The number of nitrogens with zero attached hydrogens (tertiary/aromatic N) is 1. The first-order valence-electron chi connectivity index (χ1n) is 12.8. The Morgan fingerprint density at radius 3 is 2.22 bits per heavy atom. The van der Waals surface area contributed by atoms with E-state index in [0.717, 1.165) is 6.20 Å². The monoisotopic (exact) mass is 573 g/mol. The van der Waals surface area contributed by atoms with E-state index in [9.17, 15) is 22.8 Å². The molecule has 1 aromatic heterocycles. The van der Waals surface area contributed by atoms with Gasteiger partial charge in [0.1, 0.15) is 36.6 Å². The number of rotatable bonds is 10. The summed E-state index contributed by atoms with van der Waals surface area (Å²) >= 11 is 0. The third kappa shape index (κ3) is 7.72. The molecule has 6 N–H and O–H groups in total. The molecule has 0 radical (unpaired) electrons. The van der Waals surface area contributed by atoms with Gasteiger partial charge in [-0.3, -0.25) is 9.78 Å². The number of nitrogens with one attached hydrogen (secondary N) is 2. The zero-order valence-electron chi connectivity index (χ0n) is 22.1. The van der Waals surface area contributed by atoms with Crippen molar-refractivity contribution in [1.29, 1.82) is 0 Å². The number of halogens is 3. The average Bonchev–Trinajstić information content (AvgIpc) is 2.94. The molecule has 41 heavy (non-hydrogen) atoms. The first kappa shape index (κ1) is 29.8. The Kier molecular flexibility index (Phi) is 9.76. The predicted octanol–water partition coefficient (Wildman–Crippen LogP) is 2.82. The molecule has 218 valence electrons. The van der Waals surface area contributed by atoms with E-state index in [2.05, 4.69) is 15.6 Å². The van der Waals surface area contributed by atoms with Gasteiger partial charge in [-0.25, -0.2) is 18.0 Å². The Morgan fingerprint density at radius 2 is 1.66 bits per heavy atom. The molecule has 2 heterocycles. The lowest BCUT2D eigenvalue weighted by Gasteiger charge is -2.35. The SMILES string of the molecule is C[C@H]1O[C@H](COc2c(F)cncc2NC(=O)[C@@H](N)C(c2ccc(F)cc2)c2ccc(F)cc2)CN[C@@H]1COC(N)=O. The number of primary amides is 1. The highest BCUT2D eigenvalue weighted by atomic mass is 19.1. The summed E-state index contributed by atoms with van der Waals surface area (Å²) in [6.45, 7) is 2.03. The number of hydrogen-bond acceptors (Lipinski definition) is 8. The van der Waals surface area contributed by atoms with E-state index in [1.165, 1.54) is 54.7 Å². The number of carbonyl (C=O) groups is 2. The molecule has 1 saturated heterocycles. The van der Waals surface area contributed by atoms with Gasteiger partial charge in [-0.1, -0.05) is 24.3 Å². The van der Waals surface area contributed by atoms with E-state index in [1.807, 2.05) is 0 Å². The number of hydrogen-bond donors (Lipinski definition) is 4. The summed E-state index contributed by atoms with van der Waals surface area (Å²) in [7, 11) is 0. The number of ether oxygens (including phenoxy) is 3. The van der Waals surface area contributed by atoms with Crippen molar-refractivity contribution in [3.63, 3.8) is 0 Å². The van der Waals surface area contributed by atoms with Crippen LogP contribution in [0.25, 0.3) is 0 Å². The van der Waals surface area contributed by atoms with Crippen LogP contribution in [-0.2, 0) is 14.3 Å². The molecule has 10 nitrogen and oxygen atoms in total. The van der Waals surface area contributed by atoms with Crippen LogP contribution in [0.15, 0.2) is 60.9 Å². The summed E-state index contributed by atoms with van der Waals surface area (Å²) in [4.78, 5) is 28.0. The van der Waals surface area contributed by atoms with Crippen molar-refractivity contribution in [2.75, 3.05) is 25.1 Å². The fourth-order valence-corrected chi connectivity index (χ4v) is 4.51. The maximum Gasteiger partial charge on any atom is 0.404 e. The lowest BCUT2D eigenvalue weighted by molar-refractivity contribution is -0.117. The van der Waals surface area contributed by atoms with Crippen LogP contribution in [0.2, 0.25) is 0 Å². The third-order valence-corrected chi connectivity index (χ3v) is 6.63. The van der Waals surface area contributed by atoms with Crippen molar-refractivity contribution in [3.8, 4) is 5.75 Å². The molecule has 1 aliphatic rings. The molecule has 1 fully saturated rings. The van der Waals surface area contributed by atoms with Crippen LogP contribution in [0.3, 0.4) is 0 Å². The number of anilines is 1. The van der Waals surface area contributed by atoms with Gasteiger partial charge >= 0.3 is 6.09 Å². The van der Waals surface area contributed by atoms with Crippen molar-refractivity contribution in [2.24, 2.45) is 11.5 Å². The van der Waals surface area contributed by atoms with Crippen molar-refractivity contribution >= 4 is 17.7 Å². The van der Waals surface area contributed by atoms with Crippen LogP contribution in [0.4, 0.5) is 23.7 Å². The molecule has 1 aliphatic heterocycles. The van der Waals surface area contributed by atoms with Gasteiger partial charge in [0.15, 0.2) is 11.6 Å². The second-order valence-corrected chi connectivity index (χ2v) is 9.51. The average molecular weight is 574 g/mol. The third-order valence-electron chi connectivity index (χ3n) is 6.63. The van der Waals surface area contributed by atoms with Crippen molar-refractivity contribution in [3.05, 3.63) is 89.5 Å². The number of aromatic nitrogens is 1. The maximum atomic E-state index is 14.8.